The van der Waals surface area contributed by atoms with E-state index in [1.165, 1.54) is 77.2 Å². The standard InChI is InChI=1S/C54H40N2/c1-53(2)45-21-13-12-20-41(45)42-25-23-36(31-47(42)53)49-32-50(56-52(55-49)34-15-6-5-7-16-34)43-28-27-37(39-18-10-11-19-40(39)43)35-22-26-44-48(30-35)54(3,4)46-29-24-33-14-8-9-17-38(33)51(44)46/h5-32H,1-4H3. The Bertz CT molecular complexity index is 3080. The summed E-state index contributed by atoms with van der Waals surface area (Å²) >= 11 is 0. The van der Waals surface area contributed by atoms with Crippen molar-refractivity contribution in [3.63, 3.8) is 0 Å². The van der Waals surface area contributed by atoms with Crippen LogP contribution in [-0.2, 0) is 10.8 Å². The molecule has 1 aromatic heterocycles. The molecule has 2 aliphatic rings. The smallest absolute Gasteiger partial charge is 0.160 e. The van der Waals surface area contributed by atoms with Gasteiger partial charge in [-0.25, -0.2) is 9.97 Å². The molecule has 0 saturated carbocycles. The molecule has 56 heavy (non-hydrogen) atoms. The highest BCUT2D eigenvalue weighted by atomic mass is 14.9. The summed E-state index contributed by atoms with van der Waals surface area (Å²) in [6.07, 6.45) is 0. The SMILES string of the molecule is CC1(C)c2ccccc2-c2ccc(-c3cc(-c4ccc(-c5ccc6c(c5)C(C)(C)c5ccc7ccccc7c5-6)c5ccccc45)nc(-c4ccccc4)n3)cc21. The number of fused-ring (bicyclic) bond motifs is 9. The zero-order valence-electron chi connectivity index (χ0n) is 32.1. The summed E-state index contributed by atoms with van der Waals surface area (Å²) in [6, 6.07) is 62.1. The van der Waals surface area contributed by atoms with E-state index < -0.39 is 0 Å². The maximum Gasteiger partial charge on any atom is 0.160 e. The van der Waals surface area contributed by atoms with E-state index in [2.05, 4.69) is 191 Å². The predicted molar refractivity (Wildman–Crippen MR) is 234 cm³/mol. The van der Waals surface area contributed by atoms with Gasteiger partial charge in [-0.2, -0.15) is 0 Å². The van der Waals surface area contributed by atoms with Crippen LogP contribution in [0, 0.1) is 0 Å². The molecule has 2 nitrogen and oxygen atoms in total. The Balaban J connectivity index is 1.06. The molecule has 1 heterocycles. The van der Waals surface area contributed by atoms with Crippen LogP contribution in [0.2, 0.25) is 0 Å². The van der Waals surface area contributed by atoms with Crippen LogP contribution in [0.15, 0.2) is 170 Å². The van der Waals surface area contributed by atoms with Crippen molar-refractivity contribution in [2.45, 2.75) is 38.5 Å². The van der Waals surface area contributed by atoms with E-state index in [0.717, 1.165) is 33.9 Å². The van der Waals surface area contributed by atoms with Crippen LogP contribution >= 0.6 is 0 Å². The van der Waals surface area contributed by atoms with Crippen molar-refractivity contribution in [2.24, 2.45) is 0 Å². The number of aromatic nitrogens is 2. The lowest BCUT2D eigenvalue weighted by Crippen LogP contribution is -2.15. The topological polar surface area (TPSA) is 25.8 Å². The zero-order valence-corrected chi connectivity index (χ0v) is 32.1. The summed E-state index contributed by atoms with van der Waals surface area (Å²) < 4.78 is 0. The minimum absolute atomic E-state index is 0.102. The van der Waals surface area contributed by atoms with Crippen LogP contribution in [0.4, 0.5) is 0 Å². The second-order valence-electron chi connectivity index (χ2n) is 16.6. The second-order valence-corrected chi connectivity index (χ2v) is 16.6. The third kappa shape index (κ3) is 4.75. The van der Waals surface area contributed by atoms with Crippen LogP contribution in [-0.4, -0.2) is 9.97 Å². The molecule has 2 aliphatic carbocycles. The van der Waals surface area contributed by atoms with Gasteiger partial charge in [0.25, 0.3) is 0 Å². The first-order chi connectivity index (χ1) is 27.3. The van der Waals surface area contributed by atoms with Gasteiger partial charge in [-0.1, -0.05) is 179 Å². The van der Waals surface area contributed by atoms with E-state index in [1.54, 1.807) is 0 Å². The minimum atomic E-state index is -0.110. The Morgan fingerprint density at radius 3 is 1.75 bits per heavy atom. The predicted octanol–water partition coefficient (Wildman–Crippen LogP) is 14.1. The minimum Gasteiger partial charge on any atom is -0.228 e. The lowest BCUT2D eigenvalue weighted by Gasteiger charge is -2.22. The monoisotopic (exact) mass is 716 g/mol. The molecule has 0 atom stereocenters. The molecule has 0 spiro atoms. The normalized spacial score (nSPS) is 14.4. The lowest BCUT2D eigenvalue weighted by molar-refractivity contribution is 0.660. The van der Waals surface area contributed by atoms with Crippen LogP contribution in [0.25, 0.3) is 88.8 Å². The van der Waals surface area contributed by atoms with Crippen molar-refractivity contribution in [3.05, 3.63) is 192 Å². The third-order valence-electron chi connectivity index (χ3n) is 12.7. The summed E-state index contributed by atoms with van der Waals surface area (Å²) in [6.45, 7) is 9.40. The van der Waals surface area contributed by atoms with E-state index >= 15 is 0 Å². The number of rotatable bonds is 4. The molecule has 8 aromatic carbocycles. The molecule has 9 aromatic rings. The quantitative estimate of drug-likeness (QED) is 0.181. The first-order valence-corrected chi connectivity index (χ1v) is 19.7. The van der Waals surface area contributed by atoms with Crippen molar-refractivity contribution >= 4 is 21.5 Å². The van der Waals surface area contributed by atoms with Crippen molar-refractivity contribution < 1.29 is 0 Å². The largest absolute Gasteiger partial charge is 0.228 e. The van der Waals surface area contributed by atoms with Gasteiger partial charge in [-0.3, -0.25) is 0 Å². The highest BCUT2D eigenvalue weighted by Crippen LogP contribution is 2.53. The molecule has 11 rings (SSSR count). The highest BCUT2D eigenvalue weighted by Gasteiger charge is 2.37. The Kier molecular flexibility index (Phi) is 6.98. The van der Waals surface area contributed by atoms with E-state index in [-0.39, 0.29) is 10.8 Å². The molecule has 0 fully saturated rings. The molecular weight excluding hydrogens is 677 g/mol. The average molecular weight is 717 g/mol. The van der Waals surface area contributed by atoms with Crippen LogP contribution in [0.5, 0.6) is 0 Å². The number of nitrogens with zero attached hydrogens (tertiary/aromatic N) is 2. The van der Waals surface area contributed by atoms with Gasteiger partial charge in [0, 0.05) is 27.5 Å². The molecule has 0 N–H and O–H groups in total. The van der Waals surface area contributed by atoms with E-state index in [1.807, 2.05) is 6.07 Å². The molecule has 0 aliphatic heterocycles. The summed E-state index contributed by atoms with van der Waals surface area (Å²) in [5, 5.41) is 5.00. The first-order valence-electron chi connectivity index (χ1n) is 19.7. The fourth-order valence-electron chi connectivity index (χ4n) is 9.76. The zero-order chi connectivity index (χ0) is 37.8. The van der Waals surface area contributed by atoms with Crippen LogP contribution < -0.4 is 0 Å². The van der Waals surface area contributed by atoms with Crippen molar-refractivity contribution in [2.75, 3.05) is 0 Å². The van der Waals surface area contributed by atoms with Crippen LogP contribution in [0.1, 0.15) is 49.9 Å². The Labute approximate surface area is 328 Å². The Morgan fingerprint density at radius 2 is 0.911 bits per heavy atom. The number of hydrogen-bond acceptors (Lipinski definition) is 2. The Hall–Kier alpha value is -6.64. The first kappa shape index (κ1) is 32.8. The molecule has 266 valence electrons. The summed E-state index contributed by atoms with van der Waals surface area (Å²) in [4.78, 5) is 10.5. The van der Waals surface area contributed by atoms with Gasteiger partial charge in [0.1, 0.15) is 0 Å². The maximum absolute atomic E-state index is 5.29. The van der Waals surface area contributed by atoms with Gasteiger partial charge in [-0.05, 0) is 95.4 Å². The van der Waals surface area contributed by atoms with Gasteiger partial charge in [0.15, 0.2) is 5.82 Å². The lowest BCUT2D eigenvalue weighted by atomic mass is 9.81. The molecular formula is C54H40N2. The maximum atomic E-state index is 5.29. The number of hydrogen-bond donors (Lipinski definition) is 0. The van der Waals surface area contributed by atoms with Gasteiger partial charge in [-0.15, -0.1) is 0 Å². The fraction of sp³-hybridized carbons (Fsp3) is 0.111. The van der Waals surface area contributed by atoms with Crippen LogP contribution in [0.3, 0.4) is 0 Å². The Morgan fingerprint density at radius 1 is 0.339 bits per heavy atom. The average Bonchev–Trinajstić information content (AvgIpc) is 3.62. The fourth-order valence-corrected chi connectivity index (χ4v) is 9.76. The summed E-state index contributed by atoms with van der Waals surface area (Å²) in [5.74, 6) is 0.724. The van der Waals surface area contributed by atoms with Crippen molar-refractivity contribution in [1.82, 2.24) is 9.97 Å². The van der Waals surface area contributed by atoms with Gasteiger partial charge < -0.3 is 0 Å². The molecule has 0 bridgehead atoms. The number of benzene rings is 8. The van der Waals surface area contributed by atoms with Gasteiger partial charge >= 0.3 is 0 Å². The second kappa shape index (κ2) is 11.9. The van der Waals surface area contributed by atoms with E-state index in [9.17, 15) is 0 Å². The summed E-state index contributed by atoms with van der Waals surface area (Å²) in [5.41, 5.74) is 18.1. The van der Waals surface area contributed by atoms with Gasteiger partial charge in [0.2, 0.25) is 0 Å². The molecule has 0 unspecified atom stereocenters. The molecule has 0 saturated heterocycles. The van der Waals surface area contributed by atoms with E-state index in [0.29, 0.717) is 0 Å². The van der Waals surface area contributed by atoms with Crippen molar-refractivity contribution in [3.8, 4) is 67.3 Å². The third-order valence-corrected chi connectivity index (χ3v) is 12.7. The van der Waals surface area contributed by atoms with Gasteiger partial charge in [0.05, 0.1) is 11.4 Å². The molecule has 0 amide bonds. The molecule has 2 heteroatoms. The van der Waals surface area contributed by atoms with E-state index in [4.69, 9.17) is 9.97 Å². The van der Waals surface area contributed by atoms with Crippen molar-refractivity contribution in [1.29, 1.82) is 0 Å². The molecule has 0 radical (unpaired) electrons. The summed E-state index contributed by atoms with van der Waals surface area (Å²) in [7, 11) is 0. The highest BCUT2D eigenvalue weighted by molar-refractivity contribution is 6.06.